The van der Waals surface area contributed by atoms with Crippen LogP contribution in [0.1, 0.15) is 37.6 Å². The predicted octanol–water partition coefficient (Wildman–Crippen LogP) is 1.41. The van der Waals surface area contributed by atoms with Gasteiger partial charge in [0.15, 0.2) is 0 Å². The van der Waals surface area contributed by atoms with E-state index in [0.717, 1.165) is 19.3 Å². The van der Waals surface area contributed by atoms with Crippen molar-refractivity contribution in [2.75, 3.05) is 0 Å². The molecule has 1 aromatic rings. The molecule has 3 heteroatoms. The van der Waals surface area contributed by atoms with Gasteiger partial charge >= 0.3 is 0 Å². The average molecular weight is 193 g/mol. The first-order valence-electron chi connectivity index (χ1n) is 5.44. The van der Waals surface area contributed by atoms with Gasteiger partial charge in [-0.05, 0) is 38.2 Å². The van der Waals surface area contributed by atoms with E-state index < -0.39 is 0 Å². The van der Waals surface area contributed by atoms with Gasteiger partial charge < -0.3 is 5.73 Å². The molecule has 1 fully saturated rings. The van der Waals surface area contributed by atoms with Crippen LogP contribution in [0.4, 0.5) is 0 Å². The summed E-state index contributed by atoms with van der Waals surface area (Å²) >= 11 is 0. The van der Waals surface area contributed by atoms with Gasteiger partial charge in [0.2, 0.25) is 0 Å². The van der Waals surface area contributed by atoms with Crippen LogP contribution in [0, 0.1) is 0 Å². The number of rotatable bonds is 4. The van der Waals surface area contributed by atoms with E-state index in [1.165, 1.54) is 24.2 Å². The third-order valence-electron chi connectivity index (χ3n) is 3.16. The van der Waals surface area contributed by atoms with Gasteiger partial charge in [-0.2, -0.15) is 5.10 Å². The standard InChI is InChI=1S/C11H19N3/c1-3-9-8-10(14(2)13-9)4-5-11(12)6-7-11/h8H,3-7,12H2,1-2H3. The van der Waals surface area contributed by atoms with E-state index >= 15 is 0 Å². The average Bonchev–Trinajstić information content (AvgIpc) is 2.77. The summed E-state index contributed by atoms with van der Waals surface area (Å²) in [6.45, 7) is 2.14. The Labute approximate surface area is 85.3 Å². The highest BCUT2D eigenvalue weighted by Crippen LogP contribution is 2.36. The third-order valence-corrected chi connectivity index (χ3v) is 3.16. The van der Waals surface area contributed by atoms with Gasteiger partial charge in [-0.3, -0.25) is 4.68 Å². The van der Waals surface area contributed by atoms with Crippen molar-refractivity contribution in [1.29, 1.82) is 0 Å². The van der Waals surface area contributed by atoms with Gasteiger partial charge in [-0.25, -0.2) is 0 Å². The number of aryl methyl sites for hydroxylation is 3. The molecular weight excluding hydrogens is 174 g/mol. The summed E-state index contributed by atoms with van der Waals surface area (Å²) < 4.78 is 1.99. The van der Waals surface area contributed by atoms with Crippen LogP contribution in [-0.4, -0.2) is 15.3 Å². The predicted molar refractivity (Wildman–Crippen MR) is 57.1 cm³/mol. The number of nitrogens with zero attached hydrogens (tertiary/aromatic N) is 2. The Morgan fingerprint density at radius 2 is 2.29 bits per heavy atom. The molecule has 0 spiro atoms. The molecule has 2 N–H and O–H groups in total. The fourth-order valence-electron chi connectivity index (χ4n) is 1.77. The molecule has 1 aliphatic carbocycles. The first kappa shape index (κ1) is 9.71. The van der Waals surface area contributed by atoms with E-state index in [-0.39, 0.29) is 5.54 Å². The fourth-order valence-corrected chi connectivity index (χ4v) is 1.77. The summed E-state index contributed by atoms with van der Waals surface area (Å²) in [5, 5.41) is 4.43. The SMILES string of the molecule is CCc1cc(CCC2(N)CC2)n(C)n1. The van der Waals surface area contributed by atoms with Crippen LogP contribution in [0.5, 0.6) is 0 Å². The summed E-state index contributed by atoms with van der Waals surface area (Å²) in [5.74, 6) is 0. The smallest absolute Gasteiger partial charge is 0.0624 e. The molecule has 0 unspecified atom stereocenters. The van der Waals surface area contributed by atoms with Crippen molar-refractivity contribution in [3.63, 3.8) is 0 Å². The topological polar surface area (TPSA) is 43.8 Å². The maximum atomic E-state index is 6.05. The van der Waals surface area contributed by atoms with Crippen LogP contribution in [0.3, 0.4) is 0 Å². The molecule has 3 nitrogen and oxygen atoms in total. The molecule has 78 valence electrons. The largest absolute Gasteiger partial charge is 0.325 e. The summed E-state index contributed by atoms with van der Waals surface area (Å²) in [6, 6.07) is 2.20. The molecule has 2 rings (SSSR count). The van der Waals surface area contributed by atoms with Crippen molar-refractivity contribution in [3.05, 3.63) is 17.5 Å². The summed E-state index contributed by atoms with van der Waals surface area (Å²) in [7, 11) is 2.02. The monoisotopic (exact) mass is 193 g/mol. The normalized spacial score (nSPS) is 18.5. The van der Waals surface area contributed by atoms with Gasteiger partial charge in [-0.1, -0.05) is 6.92 Å². The Bertz CT molecular complexity index is 323. The highest BCUT2D eigenvalue weighted by Gasteiger charge is 2.37. The molecule has 0 aliphatic heterocycles. The minimum atomic E-state index is 0.163. The summed E-state index contributed by atoms with van der Waals surface area (Å²) in [4.78, 5) is 0. The first-order valence-corrected chi connectivity index (χ1v) is 5.44. The molecule has 0 aromatic carbocycles. The maximum Gasteiger partial charge on any atom is 0.0624 e. The Balaban J connectivity index is 1.97. The van der Waals surface area contributed by atoms with Crippen molar-refractivity contribution in [1.82, 2.24) is 9.78 Å². The highest BCUT2D eigenvalue weighted by atomic mass is 15.3. The van der Waals surface area contributed by atoms with Crippen molar-refractivity contribution < 1.29 is 0 Å². The van der Waals surface area contributed by atoms with E-state index in [1.54, 1.807) is 0 Å². The molecule has 14 heavy (non-hydrogen) atoms. The minimum absolute atomic E-state index is 0.163. The molecule has 1 heterocycles. The van der Waals surface area contributed by atoms with Gasteiger partial charge in [0.25, 0.3) is 0 Å². The Hall–Kier alpha value is -0.830. The summed E-state index contributed by atoms with van der Waals surface area (Å²) in [6.07, 6.45) is 5.59. The first-order chi connectivity index (χ1) is 6.63. The van der Waals surface area contributed by atoms with Crippen molar-refractivity contribution in [2.45, 2.75) is 44.6 Å². The molecule has 0 radical (unpaired) electrons. The van der Waals surface area contributed by atoms with Crippen LogP contribution in [0.25, 0.3) is 0 Å². The lowest BCUT2D eigenvalue weighted by Gasteiger charge is -2.07. The van der Waals surface area contributed by atoms with Gasteiger partial charge in [0.05, 0.1) is 5.69 Å². The van der Waals surface area contributed by atoms with Crippen LogP contribution in [0.2, 0.25) is 0 Å². The Morgan fingerprint density at radius 1 is 1.57 bits per heavy atom. The zero-order valence-corrected chi connectivity index (χ0v) is 9.08. The molecule has 0 bridgehead atoms. The lowest BCUT2D eigenvalue weighted by molar-refractivity contribution is 0.582. The zero-order chi connectivity index (χ0) is 10.2. The van der Waals surface area contributed by atoms with Crippen LogP contribution in [0.15, 0.2) is 6.07 Å². The number of hydrogen-bond donors (Lipinski definition) is 1. The number of nitrogens with two attached hydrogens (primary N) is 1. The third kappa shape index (κ3) is 1.98. The van der Waals surface area contributed by atoms with E-state index in [9.17, 15) is 0 Å². The Kier molecular flexibility index (Phi) is 2.35. The molecule has 1 aliphatic rings. The highest BCUT2D eigenvalue weighted by molar-refractivity contribution is 5.12. The second-order valence-electron chi connectivity index (χ2n) is 4.47. The van der Waals surface area contributed by atoms with Crippen molar-refractivity contribution in [2.24, 2.45) is 12.8 Å². The molecule has 1 saturated carbocycles. The molecule has 1 aromatic heterocycles. The van der Waals surface area contributed by atoms with Crippen molar-refractivity contribution >= 4 is 0 Å². The summed E-state index contributed by atoms with van der Waals surface area (Å²) in [5.41, 5.74) is 8.72. The number of aromatic nitrogens is 2. The molecule has 0 saturated heterocycles. The van der Waals surface area contributed by atoms with Crippen molar-refractivity contribution in [3.8, 4) is 0 Å². The second kappa shape index (κ2) is 3.39. The van der Waals surface area contributed by atoms with Crippen LogP contribution < -0.4 is 5.73 Å². The molecule has 0 amide bonds. The van der Waals surface area contributed by atoms with Crippen LogP contribution in [-0.2, 0) is 19.9 Å². The van der Waals surface area contributed by atoms with E-state index in [2.05, 4.69) is 18.1 Å². The van der Waals surface area contributed by atoms with Gasteiger partial charge in [0.1, 0.15) is 0 Å². The quantitative estimate of drug-likeness (QED) is 0.785. The van der Waals surface area contributed by atoms with E-state index in [1.807, 2.05) is 11.7 Å². The minimum Gasteiger partial charge on any atom is -0.325 e. The Morgan fingerprint density at radius 3 is 2.79 bits per heavy atom. The second-order valence-corrected chi connectivity index (χ2v) is 4.47. The lowest BCUT2D eigenvalue weighted by atomic mass is 10.1. The van der Waals surface area contributed by atoms with Gasteiger partial charge in [0, 0.05) is 18.3 Å². The van der Waals surface area contributed by atoms with E-state index in [0.29, 0.717) is 0 Å². The molecular formula is C11H19N3. The molecule has 0 atom stereocenters. The maximum absolute atomic E-state index is 6.05. The fraction of sp³-hybridized carbons (Fsp3) is 0.727. The van der Waals surface area contributed by atoms with Crippen LogP contribution >= 0.6 is 0 Å². The zero-order valence-electron chi connectivity index (χ0n) is 9.08. The lowest BCUT2D eigenvalue weighted by Crippen LogP contribution is -2.22. The van der Waals surface area contributed by atoms with E-state index in [4.69, 9.17) is 5.73 Å². The van der Waals surface area contributed by atoms with Gasteiger partial charge in [-0.15, -0.1) is 0 Å². The number of hydrogen-bond acceptors (Lipinski definition) is 2.